The Labute approximate surface area is 142 Å². The van der Waals surface area contributed by atoms with Gasteiger partial charge in [0.15, 0.2) is 0 Å². The third kappa shape index (κ3) is 2.27. The molecule has 2 heteroatoms. The summed E-state index contributed by atoms with van der Waals surface area (Å²) in [4.78, 5) is 0. The van der Waals surface area contributed by atoms with E-state index in [2.05, 4.69) is 13.8 Å². The smallest absolute Gasteiger partial charge is 0.0545 e. The van der Waals surface area contributed by atoms with Crippen molar-refractivity contribution in [1.29, 1.82) is 0 Å². The van der Waals surface area contributed by atoms with Crippen LogP contribution in [0, 0.1) is 40.4 Å². The largest absolute Gasteiger partial charge is 0.393 e. The first kappa shape index (κ1) is 16.4. The lowest BCUT2D eigenvalue weighted by molar-refractivity contribution is -0.132. The van der Waals surface area contributed by atoms with E-state index in [1.54, 1.807) is 0 Å². The van der Waals surface area contributed by atoms with Crippen molar-refractivity contribution in [1.82, 2.24) is 0 Å². The first-order valence-corrected chi connectivity index (χ1v) is 10.2. The molecule has 4 rings (SSSR count). The number of hydrogen-bond donors (Lipinski definition) is 2. The first-order chi connectivity index (χ1) is 10.9. The quantitative estimate of drug-likeness (QED) is 0.752. The van der Waals surface area contributed by atoms with E-state index in [1.807, 2.05) is 6.92 Å². The van der Waals surface area contributed by atoms with Crippen LogP contribution in [-0.4, -0.2) is 22.4 Å². The fraction of sp³-hybridized carbons (Fsp3) is 1.00. The molecule has 0 amide bonds. The normalized spacial score (nSPS) is 57.3. The third-order valence-electron chi connectivity index (χ3n) is 9.29. The van der Waals surface area contributed by atoms with E-state index in [-0.39, 0.29) is 12.2 Å². The molecule has 0 aromatic rings. The summed E-state index contributed by atoms with van der Waals surface area (Å²) in [7, 11) is 0. The van der Waals surface area contributed by atoms with Crippen LogP contribution < -0.4 is 0 Å². The van der Waals surface area contributed by atoms with Gasteiger partial charge in [0.05, 0.1) is 12.2 Å². The first-order valence-electron chi connectivity index (χ1n) is 10.2. The molecule has 4 aliphatic rings. The van der Waals surface area contributed by atoms with Crippen LogP contribution >= 0.6 is 0 Å². The van der Waals surface area contributed by atoms with E-state index in [0.29, 0.717) is 16.7 Å². The minimum atomic E-state index is -0.140. The van der Waals surface area contributed by atoms with Crippen LogP contribution in [0.5, 0.6) is 0 Å². The number of fused-ring (bicyclic) bond motifs is 5. The Morgan fingerprint density at radius 3 is 2.30 bits per heavy atom. The van der Waals surface area contributed by atoms with Crippen molar-refractivity contribution in [2.75, 3.05) is 0 Å². The Bertz CT molecular complexity index is 461. The van der Waals surface area contributed by atoms with Gasteiger partial charge in [-0.1, -0.05) is 13.8 Å². The second kappa shape index (κ2) is 5.46. The molecule has 0 aliphatic heterocycles. The molecule has 4 aliphatic carbocycles. The summed E-state index contributed by atoms with van der Waals surface area (Å²) >= 11 is 0. The van der Waals surface area contributed by atoms with Crippen LogP contribution in [0.2, 0.25) is 0 Å². The average Bonchev–Trinajstić information content (AvgIpc) is 2.85. The highest BCUT2D eigenvalue weighted by molar-refractivity contribution is 5.09. The molecule has 2 N–H and O–H groups in total. The van der Waals surface area contributed by atoms with E-state index in [9.17, 15) is 10.2 Å². The lowest BCUT2D eigenvalue weighted by Crippen LogP contribution is -2.54. The monoisotopic (exact) mass is 320 g/mol. The van der Waals surface area contributed by atoms with Gasteiger partial charge in [0.1, 0.15) is 0 Å². The molecule has 0 aromatic heterocycles. The molecule has 0 aromatic carbocycles. The van der Waals surface area contributed by atoms with Crippen LogP contribution in [0.1, 0.15) is 78.6 Å². The van der Waals surface area contributed by atoms with Gasteiger partial charge in [0, 0.05) is 0 Å². The van der Waals surface area contributed by atoms with E-state index >= 15 is 0 Å². The van der Waals surface area contributed by atoms with Gasteiger partial charge in [0.25, 0.3) is 0 Å². The molecular formula is C21H36O2. The van der Waals surface area contributed by atoms with Gasteiger partial charge in [-0.2, -0.15) is 0 Å². The molecule has 0 radical (unpaired) electrons. The molecule has 0 heterocycles. The Kier molecular flexibility index (Phi) is 3.89. The van der Waals surface area contributed by atoms with E-state index < -0.39 is 0 Å². The number of aliphatic hydroxyl groups excluding tert-OH is 2. The minimum absolute atomic E-state index is 0.0374. The van der Waals surface area contributed by atoms with Gasteiger partial charge in [-0.15, -0.1) is 0 Å². The predicted octanol–water partition coefficient (Wildman–Crippen LogP) is 4.39. The fourth-order valence-corrected chi connectivity index (χ4v) is 8.07. The third-order valence-corrected chi connectivity index (χ3v) is 9.29. The molecule has 0 saturated heterocycles. The minimum Gasteiger partial charge on any atom is -0.393 e. The molecule has 2 nitrogen and oxygen atoms in total. The van der Waals surface area contributed by atoms with Crippen molar-refractivity contribution in [3.05, 3.63) is 0 Å². The Balaban J connectivity index is 1.60. The maximum absolute atomic E-state index is 10.3. The SMILES string of the molecule is CC(O)[C@H]1CC[C@H]2[C@@H]3CCC4CC(O)CC[C@]4(C)[C@H]3CC[C@]12C. The molecule has 3 unspecified atom stereocenters. The molecule has 4 saturated carbocycles. The van der Waals surface area contributed by atoms with E-state index in [1.165, 1.54) is 44.9 Å². The van der Waals surface area contributed by atoms with Gasteiger partial charge in [-0.05, 0) is 105 Å². The zero-order valence-corrected chi connectivity index (χ0v) is 15.3. The number of rotatable bonds is 1. The predicted molar refractivity (Wildman–Crippen MR) is 92.9 cm³/mol. The van der Waals surface area contributed by atoms with Crippen LogP contribution in [-0.2, 0) is 0 Å². The molecule has 0 spiro atoms. The molecule has 23 heavy (non-hydrogen) atoms. The molecule has 4 fully saturated rings. The molecule has 132 valence electrons. The summed E-state index contributed by atoms with van der Waals surface area (Å²) in [6.07, 6.45) is 11.1. The molecular weight excluding hydrogens is 284 g/mol. The highest BCUT2D eigenvalue weighted by Gasteiger charge is 2.60. The van der Waals surface area contributed by atoms with Gasteiger partial charge < -0.3 is 10.2 Å². The highest BCUT2D eigenvalue weighted by atomic mass is 16.3. The summed E-state index contributed by atoms with van der Waals surface area (Å²) < 4.78 is 0. The second-order valence-corrected chi connectivity index (χ2v) is 10.1. The van der Waals surface area contributed by atoms with Gasteiger partial charge >= 0.3 is 0 Å². The van der Waals surface area contributed by atoms with Crippen LogP contribution in [0.4, 0.5) is 0 Å². The summed E-state index contributed by atoms with van der Waals surface area (Å²) in [6.45, 7) is 7.08. The molecule has 9 atom stereocenters. The van der Waals surface area contributed by atoms with Crippen molar-refractivity contribution in [3.63, 3.8) is 0 Å². The maximum Gasteiger partial charge on any atom is 0.0545 e. The standard InChI is InChI=1S/C21H36O2/c1-13(22)17-6-7-18-16-5-4-14-12-15(23)8-10-20(14,2)19(16)9-11-21(17,18)3/h13-19,22-23H,4-12H2,1-3H3/t13?,14?,15?,16-,17+,18-,19-,20-,21+/m0/s1. The molecule has 0 bridgehead atoms. The summed E-state index contributed by atoms with van der Waals surface area (Å²) in [6, 6.07) is 0. The zero-order valence-electron chi connectivity index (χ0n) is 15.3. The summed E-state index contributed by atoms with van der Waals surface area (Å²) in [5, 5.41) is 20.4. The topological polar surface area (TPSA) is 40.5 Å². The fourth-order valence-electron chi connectivity index (χ4n) is 8.07. The lowest BCUT2D eigenvalue weighted by Gasteiger charge is -2.61. The number of aliphatic hydroxyl groups is 2. The highest BCUT2D eigenvalue weighted by Crippen LogP contribution is 2.67. The Morgan fingerprint density at radius 1 is 0.870 bits per heavy atom. The Morgan fingerprint density at radius 2 is 1.57 bits per heavy atom. The van der Waals surface area contributed by atoms with Gasteiger partial charge in [-0.3, -0.25) is 0 Å². The summed E-state index contributed by atoms with van der Waals surface area (Å²) in [5.41, 5.74) is 0.860. The van der Waals surface area contributed by atoms with E-state index in [4.69, 9.17) is 0 Å². The van der Waals surface area contributed by atoms with Gasteiger partial charge in [0.2, 0.25) is 0 Å². The number of hydrogen-bond acceptors (Lipinski definition) is 2. The zero-order chi connectivity index (χ0) is 16.4. The summed E-state index contributed by atoms with van der Waals surface area (Å²) in [5.74, 6) is 3.87. The van der Waals surface area contributed by atoms with E-state index in [0.717, 1.165) is 36.5 Å². The van der Waals surface area contributed by atoms with Crippen molar-refractivity contribution in [2.24, 2.45) is 40.4 Å². The second-order valence-electron chi connectivity index (χ2n) is 10.1. The van der Waals surface area contributed by atoms with Crippen molar-refractivity contribution >= 4 is 0 Å². The Hall–Kier alpha value is -0.0800. The van der Waals surface area contributed by atoms with Crippen LogP contribution in [0.3, 0.4) is 0 Å². The van der Waals surface area contributed by atoms with Crippen molar-refractivity contribution < 1.29 is 10.2 Å². The van der Waals surface area contributed by atoms with Crippen LogP contribution in [0.25, 0.3) is 0 Å². The van der Waals surface area contributed by atoms with Crippen molar-refractivity contribution in [3.8, 4) is 0 Å². The maximum atomic E-state index is 10.3. The van der Waals surface area contributed by atoms with Gasteiger partial charge in [-0.25, -0.2) is 0 Å². The lowest BCUT2D eigenvalue weighted by atomic mass is 9.44. The average molecular weight is 321 g/mol. The van der Waals surface area contributed by atoms with Crippen molar-refractivity contribution in [2.45, 2.75) is 90.8 Å². The van der Waals surface area contributed by atoms with Crippen LogP contribution in [0.15, 0.2) is 0 Å².